The van der Waals surface area contributed by atoms with Crippen LogP contribution in [0.2, 0.25) is 0 Å². The monoisotopic (exact) mass is 417 g/mol. The molecule has 0 bridgehead atoms. The third kappa shape index (κ3) is 3.84. The van der Waals surface area contributed by atoms with Gasteiger partial charge >= 0.3 is 0 Å². The van der Waals surface area contributed by atoms with E-state index in [1.807, 2.05) is 20.0 Å². The summed E-state index contributed by atoms with van der Waals surface area (Å²) in [4.78, 5) is 14.7. The molecule has 1 rings (SSSR count). The predicted molar refractivity (Wildman–Crippen MR) is 75.1 cm³/mol. The second-order valence-electron chi connectivity index (χ2n) is 3.20. The fraction of sp³-hybridized carbons (Fsp3) is 0.444. The fourth-order valence-corrected chi connectivity index (χ4v) is 3.57. The molecular formula is C9H10Br3NOS. The highest BCUT2D eigenvalue weighted by molar-refractivity contribution is 9.13. The molecule has 0 spiro atoms. The number of halogens is 3. The number of hydrogen-bond donors (Lipinski definition) is 0. The van der Waals surface area contributed by atoms with E-state index in [2.05, 4.69) is 47.8 Å². The summed E-state index contributed by atoms with van der Waals surface area (Å²) in [6, 6.07) is 1.84. The van der Waals surface area contributed by atoms with E-state index in [1.54, 1.807) is 4.90 Å². The normalized spacial score (nSPS) is 12.6. The smallest absolute Gasteiger partial charge is 0.263 e. The highest BCUT2D eigenvalue weighted by Gasteiger charge is 2.16. The van der Waals surface area contributed by atoms with E-state index in [9.17, 15) is 4.79 Å². The first kappa shape index (κ1) is 13.7. The largest absolute Gasteiger partial charge is 0.340 e. The van der Waals surface area contributed by atoms with Crippen molar-refractivity contribution in [3.63, 3.8) is 0 Å². The van der Waals surface area contributed by atoms with Crippen LogP contribution in [0.3, 0.4) is 0 Å². The molecule has 0 aliphatic heterocycles. The van der Waals surface area contributed by atoms with Gasteiger partial charge in [-0.15, -0.1) is 11.3 Å². The maximum atomic E-state index is 11.9. The number of alkyl halides is 1. The first-order chi connectivity index (χ1) is 6.91. The summed E-state index contributed by atoms with van der Waals surface area (Å²) in [6.45, 7) is 2.72. The minimum atomic E-state index is 0.0534. The molecule has 0 N–H and O–H groups in total. The molecular weight excluding hydrogens is 410 g/mol. The molecule has 0 fully saturated rings. The summed E-state index contributed by atoms with van der Waals surface area (Å²) in [5, 5.41) is 0. The minimum Gasteiger partial charge on any atom is -0.340 e. The second-order valence-corrected chi connectivity index (χ2v) is 7.99. The average Bonchev–Trinajstić information content (AvgIpc) is 2.44. The molecule has 0 saturated carbocycles. The molecule has 15 heavy (non-hydrogen) atoms. The Morgan fingerprint density at radius 2 is 2.20 bits per heavy atom. The molecule has 0 saturated heterocycles. The van der Waals surface area contributed by atoms with Gasteiger partial charge in [0, 0.05) is 22.9 Å². The average molecular weight is 420 g/mol. The molecule has 0 aromatic carbocycles. The lowest BCUT2D eigenvalue weighted by Gasteiger charge is -2.17. The Morgan fingerprint density at radius 3 is 2.60 bits per heavy atom. The highest BCUT2D eigenvalue weighted by Crippen LogP contribution is 2.32. The lowest BCUT2D eigenvalue weighted by molar-refractivity contribution is 0.0802. The van der Waals surface area contributed by atoms with E-state index in [0.29, 0.717) is 11.4 Å². The third-order valence-electron chi connectivity index (χ3n) is 1.73. The van der Waals surface area contributed by atoms with Crippen LogP contribution in [0.1, 0.15) is 16.6 Å². The molecule has 0 aliphatic rings. The zero-order chi connectivity index (χ0) is 11.6. The second kappa shape index (κ2) is 5.80. The summed E-state index contributed by atoms with van der Waals surface area (Å²) in [5.74, 6) is 0.0534. The Bertz CT molecular complexity index is 345. The van der Waals surface area contributed by atoms with Crippen LogP contribution in [0.4, 0.5) is 0 Å². The van der Waals surface area contributed by atoms with Gasteiger partial charge in [0.1, 0.15) is 0 Å². The van der Waals surface area contributed by atoms with E-state index >= 15 is 0 Å². The van der Waals surface area contributed by atoms with Gasteiger partial charge in [-0.1, -0.05) is 22.9 Å². The molecule has 84 valence electrons. The topological polar surface area (TPSA) is 20.3 Å². The number of carbonyl (C=O) groups excluding carboxylic acids is 1. The molecule has 1 amide bonds. The molecule has 1 atom stereocenters. The minimum absolute atomic E-state index is 0.0534. The van der Waals surface area contributed by atoms with E-state index < -0.39 is 0 Å². The molecule has 1 aromatic heterocycles. The Morgan fingerprint density at radius 1 is 1.60 bits per heavy atom. The molecule has 2 nitrogen and oxygen atoms in total. The van der Waals surface area contributed by atoms with Crippen molar-refractivity contribution in [2.75, 3.05) is 13.6 Å². The first-order valence-electron chi connectivity index (χ1n) is 4.26. The van der Waals surface area contributed by atoms with Crippen LogP contribution < -0.4 is 0 Å². The number of thiophene rings is 1. The lowest BCUT2D eigenvalue weighted by atomic mass is 10.4. The van der Waals surface area contributed by atoms with Crippen molar-refractivity contribution in [2.45, 2.75) is 11.8 Å². The Kier molecular flexibility index (Phi) is 5.28. The van der Waals surface area contributed by atoms with Crippen molar-refractivity contribution in [3.8, 4) is 0 Å². The van der Waals surface area contributed by atoms with Gasteiger partial charge < -0.3 is 4.90 Å². The zero-order valence-electron chi connectivity index (χ0n) is 8.26. The van der Waals surface area contributed by atoms with E-state index in [-0.39, 0.29) is 5.91 Å². The van der Waals surface area contributed by atoms with Crippen LogP contribution in [-0.4, -0.2) is 29.2 Å². The Hall–Kier alpha value is 0.610. The number of amides is 1. The maximum absolute atomic E-state index is 11.9. The maximum Gasteiger partial charge on any atom is 0.263 e. The van der Waals surface area contributed by atoms with Crippen LogP contribution in [0.25, 0.3) is 0 Å². The number of rotatable bonds is 3. The number of carbonyl (C=O) groups is 1. The molecule has 0 aliphatic carbocycles. The Balaban J connectivity index is 2.76. The third-order valence-corrected chi connectivity index (χ3v) is 5.26. The van der Waals surface area contributed by atoms with Gasteiger partial charge in [-0.2, -0.15) is 0 Å². The van der Waals surface area contributed by atoms with Gasteiger partial charge in [0.25, 0.3) is 5.91 Å². The molecule has 1 aromatic rings. The standard InChI is InChI=1S/C9H10Br3NOS/c1-5(10)4-13(2)9(14)7-3-6(11)8(12)15-7/h3,5H,4H2,1-2H3. The van der Waals surface area contributed by atoms with Crippen molar-refractivity contribution < 1.29 is 4.79 Å². The van der Waals surface area contributed by atoms with Crippen molar-refractivity contribution in [1.82, 2.24) is 4.90 Å². The molecule has 0 radical (unpaired) electrons. The van der Waals surface area contributed by atoms with Crippen LogP contribution in [-0.2, 0) is 0 Å². The van der Waals surface area contributed by atoms with Crippen LogP contribution >= 0.6 is 59.1 Å². The van der Waals surface area contributed by atoms with E-state index in [1.165, 1.54) is 11.3 Å². The number of nitrogens with zero attached hydrogens (tertiary/aromatic N) is 1. The van der Waals surface area contributed by atoms with Crippen LogP contribution in [0, 0.1) is 0 Å². The molecule has 1 unspecified atom stereocenters. The number of hydrogen-bond acceptors (Lipinski definition) is 2. The summed E-state index contributed by atoms with van der Waals surface area (Å²) in [7, 11) is 1.81. The lowest BCUT2D eigenvalue weighted by Crippen LogP contribution is -2.30. The van der Waals surface area contributed by atoms with Gasteiger partial charge in [-0.3, -0.25) is 4.79 Å². The van der Waals surface area contributed by atoms with Crippen molar-refractivity contribution in [3.05, 3.63) is 19.2 Å². The summed E-state index contributed by atoms with van der Waals surface area (Å²) >= 11 is 11.6. The van der Waals surface area contributed by atoms with Crippen molar-refractivity contribution in [1.29, 1.82) is 0 Å². The fourth-order valence-electron chi connectivity index (χ4n) is 1.10. The summed E-state index contributed by atoms with van der Waals surface area (Å²) < 4.78 is 1.88. The van der Waals surface area contributed by atoms with Gasteiger partial charge in [0.2, 0.25) is 0 Å². The van der Waals surface area contributed by atoms with E-state index in [0.717, 1.165) is 13.1 Å². The van der Waals surface area contributed by atoms with Gasteiger partial charge in [0.15, 0.2) is 0 Å². The van der Waals surface area contributed by atoms with Gasteiger partial charge in [-0.25, -0.2) is 0 Å². The Labute approximate surface area is 118 Å². The molecule has 1 heterocycles. The predicted octanol–water partition coefficient (Wildman–Crippen LogP) is 4.13. The van der Waals surface area contributed by atoms with Crippen LogP contribution in [0.15, 0.2) is 14.3 Å². The SMILES string of the molecule is CC(Br)CN(C)C(=O)c1cc(Br)c(Br)s1. The summed E-state index contributed by atoms with van der Waals surface area (Å²) in [5.41, 5.74) is 0. The zero-order valence-corrected chi connectivity index (χ0v) is 13.8. The molecule has 6 heteroatoms. The van der Waals surface area contributed by atoms with Crippen LogP contribution in [0.5, 0.6) is 0 Å². The van der Waals surface area contributed by atoms with Crippen molar-refractivity contribution >= 4 is 65.0 Å². The first-order valence-corrected chi connectivity index (χ1v) is 7.58. The quantitative estimate of drug-likeness (QED) is 0.674. The summed E-state index contributed by atoms with van der Waals surface area (Å²) in [6.07, 6.45) is 0. The van der Waals surface area contributed by atoms with Crippen molar-refractivity contribution in [2.24, 2.45) is 0 Å². The van der Waals surface area contributed by atoms with Gasteiger partial charge in [0.05, 0.1) is 8.66 Å². The highest BCUT2D eigenvalue weighted by atomic mass is 79.9. The van der Waals surface area contributed by atoms with Gasteiger partial charge in [-0.05, 0) is 37.9 Å². The van der Waals surface area contributed by atoms with E-state index in [4.69, 9.17) is 0 Å².